The second-order valence-corrected chi connectivity index (χ2v) is 6.82. The fourth-order valence-electron chi connectivity index (χ4n) is 3.79. The van der Waals surface area contributed by atoms with E-state index in [1.54, 1.807) is 0 Å². The molecular weight excluding hydrogens is 306 g/mol. The summed E-state index contributed by atoms with van der Waals surface area (Å²) < 4.78 is 0. The normalized spacial score (nSPS) is 14.6. The van der Waals surface area contributed by atoms with Crippen LogP contribution in [-0.2, 0) is 0 Å². The summed E-state index contributed by atoms with van der Waals surface area (Å²) in [6.07, 6.45) is 1.98. The summed E-state index contributed by atoms with van der Waals surface area (Å²) in [6, 6.07) is 19.7. The molecule has 1 unspecified atom stereocenters. The van der Waals surface area contributed by atoms with Gasteiger partial charge in [0.25, 0.3) is 0 Å². The number of hydrogen-bond donors (Lipinski definition) is 1. The first-order chi connectivity index (χ1) is 12.1. The Hall–Kier alpha value is -2.65. The first kappa shape index (κ1) is 15.9. The summed E-state index contributed by atoms with van der Waals surface area (Å²) in [5.41, 5.74) is 9.93. The van der Waals surface area contributed by atoms with Gasteiger partial charge in [-0.05, 0) is 48.7 Å². The molecule has 0 saturated heterocycles. The molecule has 3 nitrogen and oxygen atoms in total. The van der Waals surface area contributed by atoms with Gasteiger partial charge in [0.05, 0.1) is 5.69 Å². The van der Waals surface area contributed by atoms with Crippen molar-refractivity contribution in [3.8, 4) is 0 Å². The molecule has 126 valence electrons. The average molecular weight is 329 g/mol. The van der Waals surface area contributed by atoms with Crippen LogP contribution in [0.3, 0.4) is 0 Å². The fourth-order valence-corrected chi connectivity index (χ4v) is 3.79. The molecule has 3 aromatic carbocycles. The van der Waals surface area contributed by atoms with E-state index in [9.17, 15) is 0 Å². The Labute approximate surface area is 149 Å². The summed E-state index contributed by atoms with van der Waals surface area (Å²) >= 11 is 0. The van der Waals surface area contributed by atoms with Crippen molar-refractivity contribution in [2.45, 2.75) is 26.8 Å². The van der Waals surface area contributed by atoms with Crippen molar-refractivity contribution in [2.24, 2.45) is 4.99 Å². The second kappa shape index (κ2) is 6.34. The molecule has 25 heavy (non-hydrogen) atoms. The van der Waals surface area contributed by atoms with Crippen molar-refractivity contribution in [3.63, 3.8) is 0 Å². The summed E-state index contributed by atoms with van der Waals surface area (Å²) in [4.78, 5) is 4.53. The van der Waals surface area contributed by atoms with Crippen LogP contribution in [0.2, 0.25) is 0 Å². The quantitative estimate of drug-likeness (QED) is 0.738. The minimum absolute atomic E-state index is 0.188. The zero-order chi connectivity index (χ0) is 17.4. The maximum Gasteiger partial charge on any atom is 0.124 e. The molecule has 0 aliphatic carbocycles. The van der Waals surface area contributed by atoms with Crippen LogP contribution in [0.4, 0.5) is 5.69 Å². The molecular formula is C22H23N3. The van der Waals surface area contributed by atoms with Crippen LogP contribution in [0.15, 0.2) is 59.6 Å². The standard InChI is InChI=1S/C22H23N3/c1-15-11-16(2)22-19(12-15)13-23-14-25(22)24-17(3)20-10-6-8-18-7-4-5-9-21(18)20/h4-13,17,24H,14H2,1-3H3. The van der Waals surface area contributed by atoms with Gasteiger partial charge in [0.1, 0.15) is 6.67 Å². The molecule has 1 aliphatic rings. The van der Waals surface area contributed by atoms with Gasteiger partial charge >= 0.3 is 0 Å². The minimum atomic E-state index is 0.188. The number of nitrogens with zero attached hydrogens (tertiary/aromatic N) is 2. The monoisotopic (exact) mass is 329 g/mol. The Balaban J connectivity index is 1.68. The maximum absolute atomic E-state index is 4.53. The van der Waals surface area contributed by atoms with E-state index in [0.29, 0.717) is 6.67 Å². The van der Waals surface area contributed by atoms with Crippen LogP contribution in [-0.4, -0.2) is 12.9 Å². The second-order valence-electron chi connectivity index (χ2n) is 6.82. The lowest BCUT2D eigenvalue weighted by atomic mass is 10.00. The first-order valence-corrected chi connectivity index (χ1v) is 8.76. The van der Waals surface area contributed by atoms with Gasteiger partial charge in [-0.3, -0.25) is 10.0 Å². The predicted molar refractivity (Wildman–Crippen MR) is 106 cm³/mol. The third-order valence-corrected chi connectivity index (χ3v) is 4.84. The van der Waals surface area contributed by atoms with E-state index in [4.69, 9.17) is 0 Å². The van der Waals surface area contributed by atoms with Crippen LogP contribution in [0, 0.1) is 13.8 Å². The van der Waals surface area contributed by atoms with E-state index >= 15 is 0 Å². The molecule has 0 fully saturated rings. The third kappa shape index (κ3) is 2.92. The lowest BCUT2D eigenvalue weighted by Crippen LogP contribution is -2.42. The summed E-state index contributed by atoms with van der Waals surface area (Å²) in [7, 11) is 0. The van der Waals surface area contributed by atoms with Gasteiger partial charge in [-0.15, -0.1) is 0 Å². The Bertz CT molecular complexity index is 953. The van der Waals surface area contributed by atoms with Gasteiger partial charge in [-0.25, -0.2) is 5.43 Å². The summed E-state index contributed by atoms with van der Waals surface area (Å²) in [5.74, 6) is 0. The molecule has 4 rings (SSSR count). The van der Waals surface area contributed by atoms with Gasteiger partial charge in [0.2, 0.25) is 0 Å². The molecule has 0 aromatic heterocycles. The first-order valence-electron chi connectivity index (χ1n) is 8.76. The molecule has 3 aromatic rings. The van der Waals surface area contributed by atoms with E-state index in [0.717, 1.165) is 0 Å². The smallest absolute Gasteiger partial charge is 0.124 e. The Morgan fingerprint density at radius 2 is 1.84 bits per heavy atom. The molecule has 1 heterocycles. The van der Waals surface area contributed by atoms with Gasteiger partial charge < -0.3 is 0 Å². The molecule has 1 atom stereocenters. The predicted octanol–water partition coefficient (Wildman–Crippen LogP) is 4.92. The van der Waals surface area contributed by atoms with Crippen LogP contribution in [0.25, 0.3) is 10.8 Å². The average Bonchev–Trinajstić information content (AvgIpc) is 2.60. The molecule has 3 heteroatoms. The number of aliphatic imine (C=N–C) groups is 1. The van der Waals surface area contributed by atoms with E-state index < -0.39 is 0 Å². The zero-order valence-electron chi connectivity index (χ0n) is 15.0. The van der Waals surface area contributed by atoms with Crippen molar-refractivity contribution in [3.05, 3.63) is 76.9 Å². The molecule has 0 saturated carbocycles. The van der Waals surface area contributed by atoms with Gasteiger partial charge in [0, 0.05) is 17.8 Å². The molecule has 0 radical (unpaired) electrons. The number of nitrogens with one attached hydrogen (secondary N) is 1. The third-order valence-electron chi connectivity index (χ3n) is 4.84. The number of anilines is 1. The Morgan fingerprint density at radius 3 is 2.72 bits per heavy atom. The van der Waals surface area contributed by atoms with Gasteiger partial charge in [-0.1, -0.05) is 54.1 Å². The van der Waals surface area contributed by atoms with Crippen LogP contribution < -0.4 is 10.4 Å². The molecule has 1 N–H and O–H groups in total. The number of hydrogen-bond acceptors (Lipinski definition) is 3. The highest BCUT2D eigenvalue weighted by atomic mass is 15.5. The number of benzene rings is 3. The van der Waals surface area contributed by atoms with Crippen molar-refractivity contribution in [2.75, 3.05) is 11.7 Å². The number of fused-ring (bicyclic) bond motifs is 2. The highest BCUT2D eigenvalue weighted by Gasteiger charge is 2.20. The van der Waals surface area contributed by atoms with Crippen LogP contribution in [0.1, 0.15) is 35.2 Å². The fraction of sp³-hybridized carbons (Fsp3) is 0.227. The lowest BCUT2D eigenvalue weighted by Gasteiger charge is -2.33. The van der Waals surface area contributed by atoms with E-state index in [1.165, 1.54) is 38.7 Å². The molecule has 0 amide bonds. The minimum Gasteiger partial charge on any atom is -0.285 e. The SMILES string of the molecule is Cc1cc(C)c2c(c1)C=NCN2NC(C)c1cccc2ccccc12. The molecule has 1 aliphatic heterocycles. The van der Waals surface area contributed by atoms with E-state index in [2.05, 4.69) is 90.8 Å². The van der Waals surface area contributed by atoms with E-state index in [1.807, 2.05) is 6.21 Å². The molecule has 0 bridgehead atoms. The van der Waals surface area contributed by atoms with Crippen molar-refractivity contribution < 1.29 is 0 Å². The van der Waals surface area contributed by atoms with Crippen molar-refractivity contribution >= 4 is 22.7 Å². The van der Waals surface area contributed by atoms with Crippen LogP contribution in [0.5, 0.6) is 0 Å². The number of aryl methyl sites for hydroxylation is 2. The topological polar surface area (TPSA) is 27.6 Å². The van der Waals surface area contributed by atoms with Crippen molar-refractivity contribution in [1.82, 2.24) is 5.43 Å². The zero-order valence-corrected chi connectivity index (χ0v) is 15.0. The summed E-state index contributed by atoms with van der Waals surface area (Å²) in [6.45, 7) is 7.14. The van der Waals surface area contributed by atoms with Crippen molar-refractivity contribution in [1.29, 1.82) is 0 Å². The number of rotatable bonds is 3. The molecule has 0 spiro atoms. The lowest BCUT2D eigenvalue weighted by molar-refractivity contribution is 0.539. The highest BCUT2D eigenvalue weighted by molar-refractivity contribution is 5.91. The summed E-state index contributed by atoms with van der Waals surface area (Å²) in [5, 5.41) is 4.75. The number of hydrazine groups is 1. The Kier molecular flexibility index (Phi) is 4.02. The van der Waals surface area contributed by atoms with E-state index in [-0.39, 0.29) is 6.04 Å². The Morgan fingerprint density at radius 1 is 1.04 bits per heavy atom. The van der Waals surface area contributed by atoms with Crippen LogP contribution >= 0.6 is 0 Å². The largest absolute Gasteiger partial charge is 0.285 e. The van der Waals surface area contributed by atoms with Gasteiger partial charge in [0.15, 0.2) is 0 Å². The highest BCUT2D eigenvalue weighted by Crippen LogP contribution is 2.30. The van der Waals surface area contributed by atoms with Gasteiger partial charge in [-0.2, -0.15) is 0 Å². The maximum atomic E-state index is 4.53.